The molecule has 222 valence electrons. The fraction of sp³-hybridized carbons (Fsp3) is 1.00. The summed E-state index contributed by atoms with van der Waals surface area (Å²) in [6.07, 6.45) is 13.8. The monoisotopic (exact) mass is 528 g/mol. The molecule has 37 heavy (non-hydrogen) atoms. The molecule has 1 heterocycles. The maximum Gasteiger partial charge on any atom is 0.100 e. The highest BCUT2D eigenvalue weighted by Gasteiger charge is 2.43. The molecule has 0 aromatic carbocycles. The van der Waals surface area contributed by atoms with E-state index >= 15 is 0 Å². The minimum Gasteiger partial charge on any atom is -0.381 e. The number of ether oxygens (including phenoxy) is 4. The lowest BCUT2D eigenvalue weighted by Crippen LogP contribution is -2.65. The Hall–Kier alpha value is -0.240. The van der Waals surface area contributed by atoms with Crippen molar-refractivity contribution < 1.29 is 18.9 Å². The van der Waals surface area contributed by atoms with E-state index in [2.05, 4.69) is 51.3 Å². The summed E-state index contributed by atoms with van der Waals surface area (Å²) in [7, 11) is 0. The van der Waals surface area contributed by atoms with Gasteiger partial charge in [0.25, 0.3) is 0 Å². The van der Waals surface area contributed by atoms with Gasteiger partial charge in [-0.15, -0.1) is 0 Å². The van der Waals surface area contributed by atoms with E-state index in [1.54, 1.807) is 0 Å². The van der Waals surface area contributed by atoms with Crippen LogP contribution in [0.4, 0.5) is 0 Å². The van der Waals surface area contributed by atoms with E-state index in [4.69, 9.17) is 18.9 Å². The molecule has 1 aliphatic rings. The van der Waals surface area contributed by atoms with Crippen molar-refractivity contribution in [1.82, 2.24) is 9.80 Å². The molecule has 0 aliphatic carbocycles. The highest BCUT2D eigenvalue weighted by Crippen LogP contribution is 2.31. The zero-order valence-corrected chi connectivity index (χ0v) is 25.8. The van der Waals surface area contributed by atoms with Gasteiger partial charge in [0.1, 0.15) is 5.66 Å². The van der Waals surface area contributed by atoms with Gasteiger partial charge in [-0.2, -0.15) is 0 Å². The minimum absolute atomic E-state index is 0.0304. The maximum absolute atomic E-state index is 6.61. The minimum atomic E-state index is -0.204. The second-order valence-corrected chi connectivity index (χ2v) is 11.6. The molecular weight excluding hydrogens is 464 g/mol. The normalized spacial score (nSPS) is 18.2. The lowest BCUT2D eigenvalue weighted by atomic mass is 9.96. The number of nitrogens with zero attached hydrogens (tertiary/aromatic N) is 2. The molecule has 1 saturated heterocycles. The van der Waals surface area contributed by atoms with Crippen molar-refractivity contribution in [2.45, 2.75) is 118 Å². The highest BCUT2D eigenvalue weighted by molar-refractivity contribution is 4.93. The Morgan fingerprint density at radius 2 is 1.08 bits per heavy atom. The van der Waals surface area contributed by atoms with Crippen LogP contribution in [0.5, 0.6) is 0 Å². The largest absolute Gasteiger partial charge is 0.381 e. The predicted octanol–water partition coefficient (Wildman–Crippen LogP) is 6.76. The number of unbranched alkanes of at least 4 members (excludes halogenated alkanes) is 8. The van der Waals surface area contributed by atoms with Crippen molar-refractivity contribution in [1.29, 1.82) is 0 Å². The SMILES string of the molecule is CCCCCCCN(CCOCC)C1(N(CCCCCCC)CCOCC)CCOCC(C)(C)COC1. The molecule has 6 nitrogen and oxygen atoms in total. The van der Waals surface area contributed by atoms with Crippen LogP contribution in [0.1, 0.15) is 112 Å². The second kappa shape index (κ2) is 21.6. The van der Waals surface area contributed by atoms with Gasteiger partial charge in [-0.25, -0.2) is 0 Å². The zero-order valence-electron chi connectivity index (χ0n) is 25.8. The van der Waals surface area contributed by atoms with Crippen LogP contribution in [0.2, 0.25) is 0 Å². The van der Waals surface area contributed by atoms with Crippen LogP contribution in [0, 0.1) is 5.41 Å². The van der Waals surface area contributed by atoms with E-state index in [0.29, 0.717) is 6.61 Å². The number of hydrogen-bond acceptors (Lipinski definition) is 6. The Bertz CT molecular complexity index is 489. The van der Waals surface area contributed by atoms with Gasteiger partial charge in [0.05, 0.1) is 33.0 Å². The average molecular weight is 529 g/mol. The van der Waals surface area contributed by atoms with Gasteiger partial charge in [0, 0.05) is 57.8 Å². The molecule has 1 rings (SSSR count). The molecule has 1 fully saturated rings. The summed E-state index contributed by atoms with van der Waals surface area (Å²) in [6, 6.07) is 0. The number of hydrogen-bond donors (Lipinski definition) is 0. The zero-order chi connectivity index (χ0) is 27.2. The first-order chi connectivity index (χ1) is 18.0. The third-order valence-corrected chi connectivity index (χ3v) is 7.63. The summed E-state index contributed by atoms with van der Waals surface area (Å²) < 4.78 is 24.7. The molecule has 0 bridgehead atoms. The molecule has 0 atom stereocenters. The average Bonchev–Trinajstić information content (AvgIpc) is 2.95. The van der Waals surface area contributed by atoms with Gasteiger partial charge in [-0.05, 0) is 26.7 Å². The molecule has 0 N–H and O–H groups in total. The first-order valence-electron chi connectivity index (χ1n) is 15.8. The van der Waals surface area contributed by atoms with E-state index < -0.39 is 0 Å². The molecule has 0 radical (unpaired) electrons. The predicted molar refractivity (Wildman–Crippen MR) is 156 cm³/mol. The summed E-state index contributed by atoms with van der Waals surface area (Å²) in [5.74, 6) is 0. The van der Waals surface area contributed by atoms with Crippen LogP contribution < -0.4 is 0 Å². The molecule has 0 aromatic heterocycles. The van der Waals surface area contributed by atoms with Crippen LogP contribution in [-0.4, -0.2) is 94.5 Å². The van der Waals surface area contributed by atoms with Crippen molar-refractivity contribution in [3.63, 3.8) is 0 Å². The molecule has 1 aliphatic heterocycles. The van der Waals surface area contributed by atoms with E-state index in [-0.39, 0.29) is 11.1 Å². The summed E-state index contributed by atoms with van der Waals surface area (Å²) in [5.41, 5.74) is -0.174. The summed E-state index contributed by atoms with van der Waals surface area (Å²) in [5, 5.41) is 0. The van der Waals surface area contributed by atoms with Gasteiger partial charge in [0.2, 0.25) is 0 Å². The molecular formula is C31H64N2O4. The van der Waals surface area contributed by atoms with Crippen LogP contribution >= 0.6 is 0 Å². The molecule has 0 aromatic rings. The Morgan fingerprint density at radius 1 is 0.595 bits per heavy atom. The van der Waals surface area contributed by atoms with Crippen LogP contribution in [0.3, 0.4) is 0 Å². The Kier molecular flexibility index (Phi) is 20.3. The third kappa shape index (κ3) is 14.6. The second-order valence-electron chi connectivity index (χ2n) is 11.6. The van der Waals surface area contributed by atoms with Gasteiger partial charge >= 0.3 is 0 Å². The molecule has 0 saturated carbocycles. The summed E-state index contributed by atoms with van der Waals surface area (Å²) >= 11 is 0. The summed E-state index contributed by atoms with van der Waals surface area (Å²) in [6.45, 7) is 23.2. The van der Waals surface area contributed by atoms with Crippen molar-refractivity contribution in [3.05, 3.63) is 0 Å². The fourth-order valence-electron chi connectivity index (χ4n) is 5.39. The van der Waals surface area contributed by atoms with Crippen LogP contribution in [0.25, 0.3) is 0 Å². The lowest BCUT2D eigenvalue weighted by molar-refractivity contribution is -0.132. The van der Waals surface area contributed by atoms with Crippen molar-refractivity contribution in [2.24, 2.45) is 5.41 Å². The molecule has 0 unspecified atom stereocenters. The quantitative estimate of drug-likeness (QED) is 0.114. The van der Waals surface area contributed by atoms with E-state index in [9.17, 15) is 0 Å². The van der Waals surface area contributed by atoms with Gasteiger partial charge in [-0.3, -0.25) is 9.80 Å². The Morgan fingerprint density at radius 3 is 1.57 bits per heavy atom. The Balaban J connectivity index is 3.23. The Labute approximate surface area is 231 Å². The standard InChI is InChI=1S/C31H64N2O4/c1-7-11-13-15-17-20-32(22-25-34-9-3)31(19-24-36-27-30(5,6)28-37-29-31)33(23-26-35-10-4)21-18-16-14-12-8-2/h7-29H2,1-6H3. The lowest BCUT2D eigenvalue weighted by Gasteiger charge is -2.51. The van der Waals surface area contributed by atoms with Gasteiger partial charge < -0.3 is 18.9 Å². The smallest absolute Gasteiger partial charge is 0.100 e. The molecule has 6 heteroatoms. The first-order valence-corrected chi connectivity index (χ1v) is 15.8. The molecule has 0 spiro atoms. The highest BCUT2D eigenvalue weighted by atomic mass is 16.5. The third-order valence-electron chi connectivity index (χ3n) is 7.63. The van der Waals surface area contributed by atoms with Crippen molar-refractivity contribution in [3.8, 4) is 0 Å². The fourth-order valence-corrected chi connectivity index (χ4v) is 5.39. The van der Waals surface area contributed by atoms with Crippen molar-refractivity contribution >= 4 is 0 Å². The number of rotatable bonds is 22. The summed E-state index contributed by atoms with van der Waals surface area (Å²) in [4.78, 5) is 5.41. The van der Waals surface area contributed by atoms with Gasteiger partial charge in [0.15, 0.2) is 0 Å². The molecule has 0 amide bonds. The topological polar surface area (TPSA) is 43.4 Å². The van der Waals surface area contributed by atoms with Gasteiger partial charge in [-0.1, -0.05) is 79.1 Å². The van der Waals surface area contributed by atoms with Crippen LogP contribution in [-0.2, 0) is 18.9 Å². The maximum atomic E-state index is 6.61. The van der Waals surface area contributed by atoms with E-state index in [0.717, 1.165) is 78.8 Å². The van der Waals surface area contributed by atoms with Crippen LogP contribution in [0.15, 0.2) is 0 Å². The van der Waals surface area contributed by atoms with E-state index in [1.165, 1.54) is 64.2 Å². The van der Waals surface area contributed by atoms with Crippen molar-refractivity contribution in [2.75, 3.05) is 79.0 Å². The first kappa shape index (κ1) is 34.8. The van der Waals surface area contributed by atoms with E-state index in [1.807, 2.05) is 0 Å².